The van der Waals surface area contributed by atoms with Gasteiger partial charge in [-0.25, -0.2) is 4.79 Å². The van der Waals surface area contributed by atoms with Crippen molar-refractivity contribution in [2.24, 2.45) is 0 Å². The Balaban J connectivity index is 2.30. The van der Waals surface area contributed by atoms with E-state index in [4.69, 9.17) is 33.7 Å². The number of carbonyl (C=O) groups is 1. The van der Waals surface area contributed by atoms with E-state index in [1.807, 2.05) is 0 Å². The molecule has 4 nitrogen and oxygen atoms in total. The third-order valence-corrected chi connectivity index (χ3v) is 3.10. The van der Waals surface area contributed by atoms with Crippen molar-refractivity contribution in [1.82, 2.24) is 0 Å². The van der Waals surface area contributed by atoms with Crippen LogP contribution < -0.4 is 10.5 Å². The van der Waals surface area contributed by atoms with E-state index in [-0.39, 0.29) is 11.4 Å². The minimum absolute atomic E-state index is 0.261. The van der Waals surface area contributed by atoms with Crippen molar-refractivity contribution in [1.29, 1.82) is 0 Å². The van der Waals surface area contributed by atoms with Crippen LogP contribution in [0, 0.1) is 0 Å². The van der Waals surface area contributed by atoms with Crippen LogP contribution in [0.1, 0.15) is 11.7 Å². The molecule has 3 N–H and O–H groups in total. The summed E-state index contributed by atoms with van der Waals surface area (Å²) in [6.07, 6.45) is -1.17. The van der Waals surface area contributed by atoms with Crippen molar-refractivity contribution in [3.63, 3.8) is 0 Å². The van der Waals surface area contributed by atoms with Crippen LogP contribution in [0.2, 0.25) is 10.0 Å². The van der Waals surface area contributed by atoms with Crippen LogP contribution in [0.15, 0.2) is 42.5 Å². The lowest BCUT2D eigenvalue weighted by atomic mass is 10.1. The minimum atomic E-state index is -1.17. The fourth-order valence-corrected chi connectivity index (χ4v) is 1.96. The van der Waals surface area contributed by atoms with Gasteiger partial charge in [-0.15, -0.1) is 0 Å². The van der Waals surface area contributed by atoms with E-state index < -0.39 is 12.1 Å². The second kappa shape index (κ2) is 6.03. The Labute approximate surface area is 125 Å². The first-order valence-corrected chi connectivity index (χ1v) is 6.43. The number of ether oxygens (including phenoxy) is 1. The highest BCUT2D eigenvalue weighted by atomic mass is 35.5. The van der Waals surface area contributed by atoms with E-state index in [2.05, 4.69) is 0 Å². The molecule has 0 spiro atoms. The Hall–Kier alpha value is -1.91. The molecule has 1 unspecified atom stereocenters. The number of nitrogens with two attached hydrogens (primary N) is 1. The normalized spacial score (nSPS) is 11.9. The molecule has 0 radical (unpaired) electrons. The predicted molar refractivity (Wildman–Crippen MR) is 78.3 cm³/mol. The number of aliphatic carboxylic acids is 1. The third kappa shape index (κ3) is 3.35. The minimum Gasteiger partial charge on any atom is -0.478 e. The molecule has 0 saturated heterocycles. The van der Waals surface area contributed by atoms with Crippen molar-refractivity contribution in [3.8, 4) is 5.75 Å². The second-order valence-electron chi connectivity index (χ2n) is 4.07. The molecule has 0 aliphatic heterocycles. The SMILES string of the molecule is Nc1cc(Cl)ccc1OC(C(=O)O)c1ccc(Cl)cc1. The van der Waals surface area contributed by atoms with Gasteiger partial charge in [-0.3, -0.25) is 0 Å². The molecular formula is C14H11Cl2NO3. The summed E-state index contributed by atoms with van der Waals surface area (Å²) in [6.45, 7) is 0. The first-order chi connectivity index (χ1) is 9.47. The number of hydrogen-bond acceptors (Lipinski definition) is 3. The maximum absolute atomic E-state index is 11.3. The smallest absolute Gasteiger partial charge is 0.349 e. The van der Waals surface area contributed by atoms with Gasteiger partial charge in [-0.05, 0) is 30.3 Å². The van der Waals surface area contributed by atoms with E-state index in [1.54, 1.807) is 30.3 Å². The van der Waals surface area contributed by atoms with Gasteiger partial charge in [0.25, 0.3) is 0 Å². The summed E-state index contributed by atoms with van der Waals surface area (Å²) >= 11 is 11.6. The number of rotatable bonds is 4. The molecule has 0 bridgehead atoms. The van der Waals surface area contributed by atoms with Crippen LogP contribution in [-0.2, 0) is 4.79 Å². The number of carboxylic acids is 1. The van der Waals surface area contributed by atoms with Gasteiger partial charge < -0.3 is 15.6 Å². The first-order valence-electron chi connectivity index (χ1n) is 5.67. The summed E-state index contributed by atoms with van der Waals surface area (Å²) in [6, 6.07) is 11.0. The van der Waals surface area contributed by atoms with Gasteiger partial charge in [-0.1, -0.05) is 35.3 Å². The standard InChI is InChI=1S/C14H11Cl2NO3/c15-9-3-1-8(2-4-9)13(14(18)19)20-12-6-5-10(16)7-11(12)17/h1-7,13H,17H2,(H,18,19). The average Bonchev–Trinajstić information content (AvgIpc) is 2.39. The van der Waals surface area contributed by atoms with Crippen LogP contribution in [0.3, 0.4) is 0 Å². The van der Waals surface area contributed by atoms with Crippen molar-refractivity contribution in [2.75, 3.05) is 5.73 Å². The van der Waals surface area contributed by atoms with Crippen LogP contribution in [-0.4, -0.2) is 11.1 Å². The molecule has 2 rings (SSSR count). The molecule has 0 saturated carbocycles. The molecule has 0 aliphatic rings. The zero-order chi connectivity index (χ0) is 14.7. The van der Waals surface area contributed by atoms with Gasteiger partial charge in [0.05, 0.1) is 5.69 Å². The van der Waals surface area contributed by atoms with E-state index in [9.17, 15) is 9.90 Å². The molecule has 6 heteroatoms. The van der Waals surface area contributed by atoms with Crippen molar-refractivity contribution < 1.29 is 14.6 Å². The lowest BCUT2D eigenvalue weighted by Crippen LogP contribution is -2.18. The van der Waals surface area contributed by atoms with Crippen LogP contribution in [0.5, 0.6) is 5.75 Å². The molecule has 20 heavy (non-hydrogen) atoms. The highest BCUT2D eigenvalue weighted by molar-refractivity contribution is 6.31. The number of benzene rings is 2. The third-order valence-electron chi connectivity index (χ3n) is 2.61. The molecule has 0 aliphatic carbocycles. The van der Waals surface area contributed by atoms with E-state index in [0.717, 1.165) is 0 Å². The Bertz CT molecular complexity index is 629. The zero-order valence-electron chi connectivity index (χ0n) is 10.2. The topological polar surface area (TPSA) is 72.5 Å². The van der Waals surface area contributed by atoms with Gasteiger partial charge in [0.15, 0.2) is 0 Å². The van der Waals surface area contributed by atoms with Crippen LogP contribution in [0.4, 0.5) is 5.69 Å². The fourth-order valence-electron chi connectivity index (χ4n) is 1.65. The maximum atomic E-state index is 11.3. The van der Waals surface area contributed by atoms with Gasteiger partial charge in [0, 0.05) is 15.6 Å². The molecule has 2 aromatic carbocycles. The van der Waals surface area contributed by atoms with E-state index in [1.165, 1.54) is 12.1 Å². The quantitative estimate of drug-likeness (QED) is 0.843. The Kier molecular flexibility index (Phi) is 4.37. The predicted octanol–water partition coefficient (Wildman–Crippen LogP) is 3.78. The summed E-state index contributed by atoms with van der Waals surface area (Å²) in [7, 11) is 0. The maximum Gasteiger partial charge on any atom is 0.349 e. The number of carboxylic acid groups (broad SMARTS) is 1. The first kappa shape index (κ1) is 14.5. The number of hydrogen-bond donors (Lipinski definition) is 2. The Morgan fingerprint density at radius 1 is 1.10 bits per heavy atom. The Morgan fingerprint density at radius 2 is 1.70 bits per heavy atom. The largest absolute Gasteiger partial charge is 0.478 e. The summed E-state index contributed by atoms with van der Waals surface area (Å²) in [5, 5.41) is 10.2. The molecule has 0 amide bonds. The molecule has 0 heterocycles. The van der Waals surface area contributed by atoms with E-state index in [0.29, 0.717) is 15.6 Å². The fraction of sp³-hybridized carbons (Fsp3) is 0.0714. The average molecular weight is 312 g/mol. The van der Waals surface area contributed by atoms with Crippen molar-refractivity contribution in [2.45, 2.75) is 6.10 Å². The molecule has 2 aromatic rings. The molecule has 1 atom stereocenters. The molecule has 104 valence electrons. The van der Waals surface area contributed by atoms with Gasteiger partial charge in [-0.2, -0.15) is 0 Å². The van der Waals surface area contributed by atoms with Crippen LogP contribution >= 0.6 is 23.2 Å². The zero-order valence-corrected chi connectivity index (χ0v) is 11.7. The second-order valence-corrected chi connectivity index (χ2v) is 4.94. The van der Waals surface area contributed by atoms with Crippen LogP contribution in [0.25, 0.3) is 0 Å². The molecular weight excluding hydrogens is 301 g/mol. The monoisotopic (exact) mass is 311 g/mol. The molecule has 0 fully saturated rings. The lowest BCUT2D eigenvalue weighted by molar-refractivity contribution is -0.145. The summed E-state index contributed by atoms with van der Waals surface area (Å²) in [5.74, 6) is -0.863. The number of nitrogen functional groups attached to an aromatic ring is 1. The van der Waals surface area contributed by atoms with Gasteiger partial charge >= 0.3 is 5.97 Å². The highest BCUT2D eigenvalue weighted by Crippen LogP contribution is 2.30. The highest BCUT2D eigenvalue weighted by Gasteiger charge is 2.22. The van der Waals surface area contributed by atoms with Crippen molar-refractivity contribution in [3.05, 3.63) is 58.1 Å². The van der Waals surface area contributed by atoms with Gasteiger partial charge in [0.2, 0.25) is 6.10 Å². The number of anilines is 1. The van der Waals surface area contributed by atoms with E-state index >= 15 is 0 Å². The van der Waals surface area contributed by atoms with Crippen molar-refractivity contribution >= 4 is 34.9 Å². The Morgan fingerprint density at radius 3 is 2.25 bits per heavy atom. The summed E-state index contributed by atoms with van der Waals surface area (Å²) in [4.78, 5) is 11.3. The lowest BCUT2D eigenvalue weighted by Gasteiger charge is -2.17. The molecule has 0 aromatic heterocycles. The van der Waals surface area contributed by atoms with Gasteiger partial charge in [0.1, 0.15) is 5.75 Å². The summed E-state index contributed by atoms with van der Waals surface area (Å²) < 4.78 is 5.46. The summed E-state index contributed by atoms with van der Waals surface area (Å²) in [5.41, 5.74) is 6.49. The number of halogens is 2.